The normalized spacial score (nSPS) is 11.0. The summed E-state index contributed by atoms with van der Waals surface area (Å²) in [5.41, 5.74) is 3.77. The number of ether oxygens (including phenoxy) is 1. The Morgan fingerprint density at radius 3 is 2.42 bits per heavy atom. The number of hydrogen-bond acceptors (Lipinski definition) is 3. The molecule has 0 fully saturated rings. The smallest absolute Gasteiger partial charge is 0.196 e. The number of benzene rings is 3. The van der Waals surface area contributed by atoms with Crippen LogP contribution >= 0.6 is 0 Å². The topological polar surface area (TPSA) is 39.4 Å². The molecule has 0 unspecified atom stereocenters. The number of rotatable bonds is 6. The number of terminal acetylenes is 1. The first-order valence-electron chi connectivity index (χ1n) is 10.1. The van der Waals surface area contributed by atoms with Crippen molar-refractivity contribution < 1.29 is 9.15 Å². The van der Waals surface area contributed by atoms with Crippen LogP contribution in [0.3, 0.4) is 0 Å². The SMILES string of the molecule is C#CCOc1ccc2c(=O)c(C)c(-c3ccccc3)oc2c1C=CCc1ccccc1. The zero-order valence-electron chi connectivity index (χ0n) is 17.3. The molecule has 0 amide bonds. The van der Waals surface area contributed by atoms with Crippen molar-refractivity contribution in [3.63, 3.8) is 0 Å². The van der Waals surface area contributed by atoms with Gasteiger partial charge in [-0.05, 0) is 31.0 Å². The summed E-state index contributed by atoms with van der Waals surface area (Å²) in [5, 5.41) is 0.518. The van der Waals surface area contributed by atoms with Crippen LogP contribution in [0, 0.1) is 19.3 Å². The highest BCUT2D eigenvalue weighted by atomic mass is 16.5. The largest absolute Gasteiger partial charge is 0.480 e. The van der Waals surface area contributed by atoms with Gasteiger partial charge in [-0.1, -0.05) is 78.7 Å². The first-order valence-corrected chi connectivity index (χ1v) is 10.1. The van der Waals surface area contributed by atoms with Crippen LogP contribution in [0.25, 0.3) is 28.4 Å². The Morgan fingerprint density at radius 1 is 1.00 bits per heavy atom. The highest BCUT2D eigenvalue weighted by molar-refractivity contribution is 5.90. The van der Waals surface area contributed by atoms with Crippen LogP contribution in [0.4, 0.5) is 0 Å². The van der Waals surface area contributed by atoms with Crippen molar-refractivity contribution in [2.75, 3.05) is 6.61 Å². The summed E-state index contributed by atoms with van der Waals surface area (Å²) in [4.78, 5) is 13.1. The van der Waals surface area contributed by atoms with Crippen LogP contribution in [0.1, 0.15) is 16.7 Å². The third kappa shape index (κ3) is 4.29. The Bertz CT molecular complexity index is 1320. The predicted octanol–water partition coefficient (Wildman–Crippen LogP) is 6.04. The Hall–Kier alpha value is -4.03. The molecule has 0 saturated heterocycles. The highest BCUT2D eigenvalue weighted by Crippen LogP contribution is 2.32. The lowest BCUT2D eigenvalue weighted by Gasteiger charge is -2.12. The third-order valence-corrected chi connectivity index (χ3v) is 5.11. The van der Waals surface area contributed by atoms with E-state index in [4.69, 9.17) is 15.6 Å². The molecule has 0 bridgehead atoms. The second-order valence-electron chi connectivity index (χ2n) is 7.19. The Kier molecular flexibility index (Phi) is 6.01. The van der Waals surface area contributed by atoms with E-state index in [1.54, 1.807) is 19.1 Å². The second-order valence-corrected chi connectivity index (χ2v) is 7.19. The maximum absolute atomic E-state index is 13.1. The number of hydrogen-bond donors (Lipinski definition) is 0. The Morgan fingerprint density at radius 2 is 1.71 bits per heavy atom. The molecule has 3 heteroatoms. The molecule has 3 aromatic carbocycles. The summed E-state index contributed by atoms with van der Waals surface area (Å²) < 4.78 is 12.1. The molecule has 152 valence electrons. The molecule has 0 N–H and O–H groups in total. The molecule has 0 saturated carbocycles. The zero-order chi connectivity index (χ0) is 21.6. The van der Waals surface area contributed by atoms with Gasteiger partial charge < -0.3 is 9.15 Å². The average Bonchev–Trinajstić information content (AvgIpc) is 2.81. The van der Waals surface area contributed by atoms with Crippen molar-refractivity contribution in [3.05, 3.63) is 106 Å². The van der Waals surface area contributed by atoms with Gasteiger partial charge in [-0.3, -0.25) is 4.79 Å². The molecule has 3 nitrogen and oxygen atoms in total. The zero-order valence-corrected chi connectivity index (χ0v) is 17.3. The monoisotopic (exact) mass is 406 g/mol. The lowest BCUT2D eigenvalue weighted by molar-refractivity contribution is 0.369. The molecule has 31 heavy (non-hydrogen) atoms. The van der Waals surface area contributed by atoms with E-state index in [2.05, 4.69) is 18.1 Å². The lowest BCUT2D eigenvalue weighted by Crippen LogP contribution is -2.08. The maximum Gasteiger partial charge on any atom is 0.196 e. The first kappa shape index (κ1) is 20.3. The van der Waals surface area contributed by atoms with Crippen molar-refractivity contribution >= 4 is 17.0 Å². The molecule has 0 radical (unpaired) electrons. The molecule has 0 spiro atoms. The summed E-state index contributed by atoms with van der Waals surface area (Å²) in [5.74, 6) is 3.64. The van der Waals surface area contributed by atoms with Crippen molar-refractivity contribution in [2.24, 2.45) is 0 Å². The van der Waals surface area contributed by atoms with Crippen LogP contribution in [0.15, 0.2) is 88.1 Å². The maximum atomic E-state index is 13.1. The van der Waals surface area contributed by atoms with Crippen LogP contribution in [-0.4, -0.2) is 6.61 Å². The third-order valence-electron chi connectivity index (χ3n) is 5.11. The van der Waals surface area contributed by atoms with E-state index in [-0.39, 0.29) is 12.0 Å². The van der Waals surface area contributed by atoms with E-state index in [0.29, 0.717) is 33.6 Å². The Balaban J connectivity index is 1.88. The second kappa shape index (κ2) is 9.19. The fourth-order valence-corrected chi connectivity index (χ4v) is 3.55. The van der Waals surface area contributed by atoms with Gasteiger partial charge in [0.15, 0.2) is 5.43 Å². The first-order chi connectivity index (χ1) is 15.2. The summed E-state index contributed by atoms with van der Waals surface area (Å²) >= 11 is 0. The van der Waals surface area contributed by atoms with Gasteiger partial charge in [0.2, 0.25) is 0 Å². The van der Waals surface area contributed by atoms with Crippen molar-refractivity contribution in [3.8, 4) is 29.4 Å². The molecule has 0 aliphatic heterocycles. The van der Waals surface area contributed by atoms with Gasteiger partial charge in [0.05, 0.1) is 10.9 Å². The summed E-state index contributed by atoms with van der Waals surface area (Å²) in [6, 6.07) is 23.3. The minimum Gasteiger partial charge on any atom is -0.480 e. The fourth-order valence-electron chi connectivity index (χ4n) is 3.55. The van der Waals surface area contributed by atoms with E-state index >= 15 is 0 Å². The van der Waals surface area contributed by atoms with Gasteiger partial charge >= 0.3 is 0 Å². The van der Waals surface area contributed by atoms with Gasteiger partial charge in [0.1, 0.15) is 23.7 Å². The van der Waals surface area contributed by atoms with Crippen LogP contribution in [-0.2, 0) is 6.42 Å². The summed E-state index contributed by atoms with van der Waals surface area (Å²) in [6.07, 6.45) is 10.1. The van der Waals surface area contributed by atoms with Gasteiger partial charge in [0.25, 0.3) is 0 Å². The molecule has 0 aliphatic rings. The Labute approximate surface area is 181 Å². The summed E-state index contributed by atoms with van der Waals surface area (Å²) in [7, 11) is 0. The van der Waals surface area contributed by atoms with Crippen LogP contribution in [0.2, 0.25) is 0 Å². The van der Waals surface area contributed by atoms with Gasteiger partial charge in [-0.2, -0.15) is 0 Å². The minimum absolute atomic E-state index is 0.0543. The molecule has 1 heterocycles. The summed E-state index contributed by atoms with van der Waals surface area (Å²) in [6.45, 7) is 1.92. The minimum atomic E-state index is -0.0543. The van der Waals surface area contributed by atoms with E-state index in [1.165, 1.54) is 5.56 Å². The predicted molar refractivity (Wildman–Crippen MR) is 126 cm³/mol. The van der Waals surface area contributed by atoms with Gasteiger partial charge in [-0.25, -0.2) is 0 Å². The molecule has 4 aromatic rings. The van der Waals surface area contributed by atoms with Crippen LogP contribution < -0.4 is 10.2 Å². The lowest BCUT2D eigenvalue weighted by atomic mass is 10.0. The van der Waals surface area contributed by atoms with Gasteiger partial charge in [0, 0.05) is 11.1 Å². The van der Waals surface area contributed by atoms with E-state index < -0.39 is 0 Å². The number of fused-ring (bicyclic) bond motifs is 1. The quantitative estimate of drug-likeness (QED) is 0.367. The van der Waals surface area contributed by atoms with Crippen molar-refractivity contribution in [1.29, 1.82) is 0 Å². The van der Waals surface area contributed by atoms with E-state index in [9.17, 15) is 4.79 Å². The standard InChI is InChI=1S/C28H22O3/c1-3-19-30-25-18-17-24-26(29)20(2)27(22-14-8-5-9-15-22)31-28(24)23(25)16-10-13-21-11-6-4-7-12-21/h1,4-12,14-18H,13,19H2,2H3. The van der Waals surface area contributed by atoms with Crippen molar-refractivity contribution in [1.82, 2.24) is 0 Å². The number of allylic oxidation sites excluding steroid dienone is 1. The molecule has 0 atom stereocenters. The van der Waals surface area contributed by atoms with E-state index in [1.807, 2.05) is 60.7 Å². The molecular formula is C28H22O3. The molecule has 0 aliphatic carbocycles. The molecule has 4 rings (SSSR count). The van der Waals surface area contributed by atoms with Crippen molar-refractivity contribution in [2.45, 2.75) is 13.3 Å². The molecule has 1 aromatic heterocycles. The van der Waals surface area contributed by atoms with E-state index in [0.717, 1.165) is 12.0 Å². The fraction of sp³-hybridized carbons (Fsp3) is 0.107. The average molecular weight is 406 g/mol. The highest BCUT2D eigenvalue weighted by Gasteiger charge is 2.17. The van der Waals surface area contributed by atoms with Crippen LogP contribution in [0.5, 0.6) is 5.75 Å². The molecular weight excluding hydrogens is 384 g/mol. The van der Waals surface area contributed by atoms with Gasteiger partial charge in [-0.15, -0.1) is 6.42 Å².